The Morgan fingerprint density at radius 1 is 1.33 bits per heavy atom. The van der Waals surface area contributed by atoms with Crippen LogP contribution < -0.4 is 9.88 Å². The Kier molecular flexibility index (Phi) is 3.36. The largest absolute Gasteiger partial charge is 0.325 e. The van der Waals surface area contributed by atoms with Gasteiger partial charge in [0.1, 0.15) is 6.54 Å². The highest BCUT2D eigenvalue weighted by atomic mass is 16.1. The summed E-state index contributed by atoms with van der Waals surface area (Å²) in [7, 11) is 0. The number of carbonyl (C=O) groups excluding carboxylic acids is 1. The molecule has 21 heavy (non-hydrogen) atoms. The van der Waals surface area contributed by atoms with E-state index in [0.717, 1.165) is 23.5 Å². The van der Waals surface area contributed by atoms with Crippen LogP contribution in [0, 0.1) is 6.92 Å². The van der Waals surface area contributed by atoms with Crippen molar-refractivity contribution in [2.75, 3.05) is 0 Å². The highest BCUT2D eigenvalue weighted by Gasteiger charge is 2.23. The second kappa shape index (κ2) is 5.32. The molecule has 0 fully saturated rings. The van der Waals surface area contributed by atoms with Crippen molar-refractivity contribution in [1.29, 1.82) is 0 Å². The fourth-order valence-electron chi connectivity index (χ4n) is 2.40. The molecule has 2 aromatic rings. The number of nitrogens with one attached hydrogen (secondary N) is 1. The molecule has 1 aliphatic rings. The van der Waals surface area contributed by atoms with Gasteiger partial charge >= 0.3 is 5.82 Å². The van der Waals surface area contributed by atoms with Crippen LogP contribution in [0.3, 0.4) is 0 Å². The average Bonchev–Trinajstić information content (AvgIpc) is 2.63. The smallest absolute Gasteiger partial charge is 0.285 e. The van der Waals surface area contributed by atoms with Crippen molar-refractivity contribution >= 4 is 17.6 Å². The molecule has 1 aromatic carbocycles. The average molecular weight is 278 g/mol. The summed E-state index contributed by atoms with van der Waals surface area (Å²) >= 11 is 0. The highest BCUT2D eigenvalue weighted by molar-refractivity contribution is 6.11. The third kappa shape index (κ3) is 2.60. The molecule has 1 aliphatic heterocycles. The molecule has 2 heterocycles. The van der Waals surface area contributed by atoms with Gasteiger partial charge in [-0.1, -0.05) is 24.8 Å². The van der Waals surface area contributed by atoms with Crippen LogP contribution in [-0.4, -0.2) is 11.7 Å². The molecule has 3 rings (SSSR count). The van der Waals surface area contributed by atoms with Crippen molar-refractivity contribution in [3.8, 4) is 0 Å². The van der Waals surface area contributed by atoms with E-state index in [1.54, 1.807) is 0 Å². The second-order valence-corrected chi connectivity index (χ2v) is 5.00. The van der Waals surface area contributed by atoms with Gasteiger partial charge in [-0.25, -0.2) is 4.57 Å². The lowest BCUT2D eigenvalue weighted by Crippen LogP contribution is -2.34. The van der Waals surface area contributed by atoms with Crippen LogP contribution in [0.5, 0.6) is 0 Å². The molecule has 0 unspecified atom stereocenters. The minimum atomic E-state index is -0.260. The summed E-state index contributed by atoms with van der Waals surface area (Å²) in [6.45, 7) is 6.27. The monoisotopic (exact) mass is 278 g/mol. The normalized spacial score (nSPS) is 12.5. The van der Waals surface area contributed by atoms with Crippen molar-refractivity contribution in [1.82, 2.24) is 5.32 Å². The van der Waals surface area contributed by atoms with E-state index < -0.39 is 0 Å². The Morgan fingerprint density at radius 3 is 2.95 bits per heavy atom. The minimum Gasteiger partial charge on any atom is -0.285 e. The number of nitrogens with zero attached hydrogens (tertiary/aromatic N) is 2. The Bertz CT molecular complexity index is 762. The van der Waals surface area contributed by atoms with Crippen LogP contribution in [0.2, 0.25) is 0 Å². The summed E-state index contributed by atoms with van der Waals surface area (Å²) < 4.78 is 2.08. The van der Waals surface area contributed by atoms with Crippen LogP contribution in [0.25, 0.3) is 0 Å². The first kappa shape index (κ1) is 13.2. The van der Waals surface area contributed by atoms with Crippen molar-refractivity contribution in [2.45, 2.75) is 13.5 Å². The van der Waals surface area contributed by atoms with E-state index in [1.807, 2.05) is 37.3 Å². The second-order valence-electron chi connectivity index (χ2n) is 5.00. The van der Waals surface area contributed by atoms with Crippen LogP contribution in [0.4, 0.5) is 5.82 Å². The summed E-state index contributed by atoms with van der Waals surface area (Å²) in [6.07, 6.45) is 3.31. The maximum absolute atomic E-state index is 11.7. The number of carbonyl (C=O) groups is 1. The molecule has 0 saturated heterocycles. The van der Waals surface area contributed by atoms with Gasteiger partial charge in [-0.3, -0.25) is 10.1 Å². The molecule has 1 amide bonds. The molecular weight excluding hydrogens is 262 g/mol. The topological polar surface area (TPSA) is 45.3 Å². The van der Waals surface area contributed by atoms with E-state index in [1.165, 1.54) is 11.6 Å². The Morgan fingerprint density at radius 2 is 2.14 bits per heavy atom. The number of pyridine rings is 1. The number of amides is 1. The Hall–Kier alpha value is -2.75. The summed E-state index contributed by atoms with van der Waals surface area (Å²) in [5, 5.41) is 2.80. The maximum Gasteiger partial charge on any atom is 0.325 e. The van der Waals surface area contributed by atoms with Crippen LogP contribution in [0.15, 0.2) is 60.2 Å². The van der Waals surface area contributed by atoms with Crippen LogP contribution in [-0.2, 0) is 11.3 Å². The Balaban J connectivity index is 2.17. The number of aromatic nitrogens is 1. The molecule has 0 bridgehead atoms. The zero-order valence-corrected chi connectivity index (χ0v) is 11.8. The number of aliphatic imine (C=N–C) groups is 1. The quantitative estimate of drug-likeness (QED) is 0.629. The SMILES string of the molecule is C=CC(=O)NC1=Nc2ccc(C)c[n+]2Cc2ccccc21. The van der Waals surface area contributed by atoms with Gasteiger partial charge in [-0.2, -0.15) is 0 Å². The van der Waals surface area contributed by atoms with E-state index in [4.69, 9.17) is 0 Å². The van der Waals surface area contributed by atoms with E-state index >= 15 is 0 Å². The third-order valence-corrected chi connectivity index (χ3v) is 3.42. The molecule has 0 radical (unpaired) electrons. The van der Waals surface area contributed by atoms with Gasteiger partial charge < -0.3 is 0 Å². The summed E-state index contributed by atoms with van der Waals surface area (Å²) in [6, 6.07) is 11.9. The molecular formula is C17H16N3O+. The fraction of sp³-hybridized carbons (Fsp3) is 0.118. The van der Waals surface area contributed by atoms with Gasteiger partial charge in [0.25, 0.3) is 11.7 Å². The lowest BCUT2D eigenvalue weighted by atomic mass is 10.1. The summed E-state index contributed by atoms with van der Waals surface area (Å²) in [4.78, 5) is 16.3. The number of amidine groups is 1. The molecule has 0 spiro atoms. The number of aryl methyl sites for hydroxylation is 1. The predicted molar refractivity (Wildman–Crippen MR) is 81.5 cm³/mol. The standard InChI is InChI=1S/C17H15N3O/c1-3-16(21)19-17-14-7-5-4-6-13(14)11-20-10-12(2)8-9-15(20)18-17/h3-10H,1,11H2,2H3/p+1. The highest BCUT2D eigenvalue weighted by Crippen LogP contribution is 2.18. The van der Waals surface area contributed by atoms with E-state index in [0.29, 0.717) is 5.84 Å². The Labute approximate surface area is 123 Å². The van der Waals surface area contributed by atoms with Crippen molar-refractivity contribution in [2.24, 2.45) is 4.99 Å². The van der Waals surface area contributed by atoms with Crippen molar-refractivity contribution in [3.63, 3.8) is 0 Å². The van der Waals surface area contributed by atoms with Crippen LogP contribution in [0.1, 0.15) is 16.7 Å². The molecule has 0 atom stereocenters. The first-order chi connectivity index (χ1) is 10.2. The molecule has 4 heteroatoms. The van der Waals surface area contributed by atoms with Gasteiger partial charge in [-0.05, 0) is 35.7 Å². The first-order valence-electron chi connectivity index (χ1n) is 6.78. The number of rotatable bonds is 1. The molecule has 104 valence electrons. The van der Waals surface area contributed by atoms with E-state index in [2.05, 4.69) is 33.7 Å². The zero-order valence-electron chi connectivity index (χ0n) is 11.8. The third-order valence-electron chi connectivity index (χ3n) is 3.42. The number of benzene rings is 1. The summed E-state index contributed by atoms with van der Waals surface area (Å²) in [5.74, 6) is 1.12. The van der Waals surface area contributed by atoms with Gasteiger partial charge in [0.15, 0.2) is 0 Å². The lowest BCUT2D eigenvalue weighted by Gasteiger charge is -2.05. The molecule has 4 nitrogen and oxygen atoms in total. The van der Waals surface area contributed by atoms with E-state index in [9.17, 15) is 4.79 Å². The predicted octanol–water partition coefficient (Wildman–Crippen LogP) is 2.02. The summed E-state index contributed by atoms with van der Waals surface area (Å²) in [5.41, 5.74) is 3.23. The van der Waals surface area contributed by atoms with Gasteiger partial charge in [-0.15, -0.1) is 0 Å². The molecule has 0 aliphatic carbocycles. The lowest BCUT2D eigenvalue weighted by molar-refractivity contribution is -0.675. The number of hydrogen-bond donors (Lipinski definition) is 1. The minimum absolute atomic E-state index is 0.260. The zero-order chi connectivity index (χ0) is 14.8. The maximum atomic E-state index is 11.7. The number of hydrogen-bond acceptors (Lipinski definition) is 2. The molecule has 0 saturated carbocycles. The van der Waals surface area contributed by atoms with Crippen molar-refractivity contribution < 1.29 is 9.36 Å². The fourth-order valence-corrected chi connectivity index (χ4v) is 2.40. The van der Waals surface area contributed by atoms with Gasteiger partial charge in [0, 0.05) is 11.6 Å². The van der Waals surface area contributed by atoms with Gasteiger partial charge in [0.05, 0.1) is 11.8 Å². The van der Waals surface area contributed by atoms with Crippen molar-refractivity contribution in [3.05, 3.63) is 71.9 Å². The number of fused-ring (bicyclic) bond motifs is 2. The molecule has 1 N–H and O–H groups in total. The van der Waals surface area contributed by atoms with E-state index in [-0.39, 0.29) is 5.91 Å². The first-order valence-corrected chi connectivity index (χ1v) is 6.78. The van der Waals surface area contributed by atoms with Crippen LogP contribution >= 0.6 is 0 Å². The van der Waals surface area contributed by atoms with Gasteiger partial charge in [0.2, 0.25) is 0 Å². The molecule has 1 aromatic heterocycles.